The van der Waals surface area contributed by atoms with Crippen molar-refractivity contribution in [2.45, 2.75) is 103 Å². The molecule has 0 saturated heterocycles. The van der Waals surface area contributed by atoms with Gasteiger partial charge in [-0.3, -0.25) is 4.90 Å². The van der Waals surface area contributed by atoms with Gasteiger partial charge in [0.1, 0.15) is 0 Å². The Morgan fingerprint density at radius 1 is 0.760 bits per heavy atom. The van der Waals surface area contributed by atoms with Crippen molar-refractivity contribution in [1.29, 1.82) is 0 Å². The fourth-order valence-electron chi connectivity index (χ4n) is 10.6. The number of hydrogen-bond donors (Lipinski definition) is 1. The lowest BCUT2D eigenvalue weighted by Gasteiger charge is -2.42. The molecular formula is C48H62N2. The van der Waals surface area contributed by atoms with E-state index in [-0.39, 0.29) is 0 Å². The van der Waals surface area contributed by atoms with Crippen LogP contribution in [0.15, 0.2) is 130 Å². The predicted octanol–water partition coefficient (Wildman–Crippen LogP) is 11.4. The van der Waals surface area contributed by atoms with E-state index in [1.54, 1.807) is 39.0 Å². The van der Waals surface area contributed by atoms with Crippen LogP contribution >= 0.6 is 0 Å². The van der Waals surface area contributed by atoms with Crippen molar-refractivity contribution >= 4 is 0 Å². The summed E-state index contributed by atoms with van der Waals surface area (Å²) in [6.45, 7) is 8.25. The molecule has 8 atom stereocenters. The molecule has 0 amide bonds. The third-order valence-electron chi connectivity index (χ3n) is 13.9. The molecule has 0 aromatic carbocycles. The molecule has 8 rings (SSSR count). The Bertz CT molecular complexity index is 1610. The Morgan fingerprint density at radius 3 is 2.52 bits per heavy atom. The summed E-state index contributed by atoms with van der Waals surface area (Å²) < 4.78 is 0. The average Bonchev–Trinajstić information content (AvgIpc) is 3.72. The summed E-state index contributed by atoms with van der Waals surface area (Å²) in [5.41, 5.74) is 11.3. The zero-order valence-electron chi connectivity index (χ0n) is 31.0. The van der Waals surface area contributed by atoms with E-state index in [0.29, 0.717) is 41.5 Å². The van der Waals surface area contributed by atoms with Crippen molar-refractivity contribution < 1.29 is 0 Å². The maximum Gasteiger partial charge on any atom is 0.0287 e. The van der Waals surface area contributed by atoms with Gasteiger partial charge in [-0.2, -0.15) is 0 Å². The van der Waals surface area contributed by atoms with Gasteiger partial charge in [0.15, 0.2) is 0 Å². The highest BCUT2D eigenvalue weighted by Crippen LogP contribution is 2.43. The highest BCUT2D eigenvalue weighted by atomic mass is 15.2. The van der Waals surface area contributed by atoms with Crippen LogP contribution in [0, 0.1) is 41.4 Å². The SMILES string of the molecule is C/C1=C2/C=CC=CC2C(C2=CCC(C3=CCCCC3)C=C2)CN(C2C=CC3CCC=CC3C2)C/C(C2CC=C(C3=CNCC3)CC2)=C\CC1C. The van der Waals surface area contributed by atoms with Gasteiger partial charge in [-0.15, -0.1) is 0 Å². The quantitative estimate of drug-likeness (QED) is 0.294. The summed E-state index contributed by atoms with van der Waals surface area (Å²) in [6, 6.07) is 0.484. The predicted molar refractivity (Wildman–Crippen MR) is 212 cm³/mol. The third kappa shape index (κ3) is 7.43. The van der Waals surface area contributed by atoms with E-state index >= 15 is 0 Å². The average molecular weight is 667 g/mol. The Labute approximate surface area is 304 Å². The molecule has 8 unspecified atom stereocenters. The zero-order valence-corrected chi connectivity index (χ0v) is 31.0. The molecule has 2 nitrogen and oxygen atoms in total. The molecule has 2 heterocycles. The van der Waals surface area contributed by atoms with Gasteiger partial charge < -0.3 is 5.32 Å². The molecule has 8 aliphatic rings. The van der Waals surface area contributed by atoms with Crippen LogP contribution in [0.4, 0.5) is 0 Å². The molecule has 2 aliphatic heterocycles. The highest BCUT2D eigenvalue weighted by Gasteiger charge is 2.36. The van der Waals surface area contributed by atoms with Crippen LogP contribution in [0.2, 0.25) is 0 Å². The molecule has 0 radical (unpaired) electrons. The van der Waals surface area contributed by atoms with Crippen molar-refractivity contribution in [1.82, 2.24) is 10.2 Å². The Kier molecular flexibility index (Phi) is 10.6. The summed E-state index contributed by atoms with van der Waals surface area (Å²) >= 11 is 0. The first kappa shape index (κ1) is 34.0. The monoisotopic (exact) mass is 666 g/mol. The Morgan fingerprint density at radius 2 is 1.72 bits per heavy atom. The molecule has 0 fully saturated rings. The third-order valence-corrected chi connectivity index (χ3v) is 13.9. The molecule has 6 aliphatic carbocycles. The van der Waals surface area contributed by atoms with E-state index in [1.165, 1.54) is 77.0 Å². The molecule has 0 aromatic rings. The van der Waals surface area contributed by atoms with Crippen molar-refractivity contribution in [2.24, 2.45) is 41.4 Å². The van der Waals surface area contributed by atoms with E-state index < -0.39 is 0 Å². The second kappa shape index (κ2) is 15.6. The van der Waals surface area contributed by atoms with Crippen molar-refractivity contribution in [2.75, 3.05) is 19.6 Å². The number of hydrogen-bond acceptors (Lipinski definition) is 2. The van der Waals surface area contributed by atoms with E-state index in [1.807, 2.05) is 0 Å². The second-order valence-electron chi connectivity index (χ2n) is 16.9. The van der Waals surface area contributed by atoms with Crippen molar-refractivity contribution in [3.05, 3.63) is 130 Å². The van der Waals surface area contributed by atoms with Crippen LogP contribution in [-0.4, -0.2) is 30.6 Å². The van der Waals surface area contributed by atoms with Crippen LogP contribution in [0.5, 0.6) is 0 Å². The number of fused-ring (bicyclic) bond motifs is 2. The fourth-order valence-corrected chi connectivity index (χ4v) is 10.6. The van der Waals surface area contributed by atoms with Gasteiger partial charge in [-0.05, 0) is 143 Å². The van der Waals surface area contributed by atoms with E-state index in [4.69, 9.17) is 0 Å². The molecule has 264 valence electrons. The van der Waals surface area contributed by atoms with Gasteiger partial charge in [-0.1, -0.05) is 109 Å². The summed E-state index contributed by atoms with van der Waals surface area (Å²) in [5, 5.41) is 3.46. The molecule has 0 spiro atoms. The first-order valence-corrected chi connectivity index (χ1v) is 20.6. The largest absolute Gasteiger partial charge is 0.390 e. The number of allylic oxidation sites excluding steroid dienone is 17. The van der Waals surface area contributed by atoms with E-state index in [2.05, 4.69) is 115 Å². The minimum absolute atomic E-state index is 0.413. The van der Waals surface area contributed by atoms with Crippen LogP contribution < -0.4 is 5.32 Å². The fraction of sp³-hybridized carbons (Fsp3) is 0.542. The van der Waals surface area contributed by atoms with Gasteiger partial charge >= 0.3 is 0 Å². The van der Waals surface area contributed by atoms with Crippen molar-refractivity contribution in [3.63, 3.8) is 0 Å². The molecule has 1 N–H and O–H groups in total. The van der Waals surface area contributed by atoms with Crippen LogP contribution in [-0.2, 0) is 0 Å². The normalized spacial score (nSPS) is 38.8. The highest BCUT2D eigenvalue weighted by molar-refractivity contribution is 5.43. The number of rotatable bonds is 5. The van der Waals surface area contributed by atoms with Gasteiger partial charge in [0.2, 0.25) is 0 Å². The minimum atomic E-state index is 0.413. The summed E-state index contributed by atoms with van der Waals surface area (Å²) in [7, 11) is 0. The number of nitrogens with zero attached hydrogens (tertiary/aromatic N) is 1. The molecular weight excluding hydrogens is 605 g/mol. The first-order valence-electron chi connectivity index (χ1n) is 20.6. The summed E-state index contributed by atoms with van der Waals surface area (Å²) in [5.74, 6) is 4.05. The molecule has 50 heavy (non-hydrogen) atoms. The lowest BCUT2D eigenvalue weighted by molar-refractivity contribution is 0.170. The topological polar surface area (TPSA) is 15.3 Å². The van der Waals surface area contributed by atoms with Gasteiger partial charge in [0.25, 0.3) is 0 Å². The van der Waals surface area contributed by atoms with E-state index in [0.717, 1.165) is 32.0 Å². The molecule has 0 bridgehead atoms. The Hall–Kier alpha value is -3.10. The minimum Gasteiger partial charge on any atom is -0.390 e. The summed E-state index contributed by atoms with van der Waals surface area (Å²) in [4.78, 5) is 2.97. The maximum absolute atomic E-state index is 3.46. The van der Waals surface area contributed by atoms with Gasteiger partial charge in [0, 0.05) is 43.4 Å². The van der Waals surface area contributed by atoms with Crippen molar-refractivity contribution in [3.8, 4) is 0 Å². The second-order valence-corrected chi connectivity index (χ2v) is 16.9. The van der Waals surface area contributed by atoms with E-state index in [9.17, 15) is 0 Å². The molecule has 0 aromatic heterocycles. The first-order chi connectivity index (χ1) is 24.6. The van der Waals surface area contributed by atoms with Gasteiger partial charge in [0.05, 0.1) is 0 Å². The maximum atomic E-state index is 3.46. The standard InChI is InChI=1S/C48H62N2/c1-34-16-17-44(40-20-18-39(19-21-40)43-28-29-49-31-43)32-50(45-27-26-37-12-6-7-13-42(37)30-45)33-48(47-15-9-8-14-46(47)35(34)2)41-24-22-38(23-25-41)36-10-4-3-5-11-36/h7-10,13-15,17-18,22,24-27,31,34,37-38,40,42,45,47-49H,3-6,11-12,16,19-21,23,28-30,32-33H2,1-2H3/b44-17+,46-35+. The smallest absolute Gasteiger partial charge is 0.0287 e. The Balaban J connectivity index is 1.15. The lowest BCUT2D eigenvalue weighted by Crippen LogP contribution is -2.44. The number of nitrogens with one attached hydrogen (secondary N) is 1. The molecule has 0 saturated carbocycles. The lowest BCUT2D eigenvalue weighted by atomic mass is 9.72. The van der Waals surface area contributed by atoms with Gasteiger partial charge in [-0.25, -0.2) is 0 Å². The summed E-state index contributed by atoms with van der Waals surface area (Å²) in [6.07, 6.45) is 54.3. The van der Waals surface area contributed by atoms with Crippen LogP contribution in [0.3, 0.4) is 0 Å². The van der Waals surface area contributed by atoms with Crippen LogP contribution in [0.1, 0.15) is 97.3 Å². The van der Waals surface area contributed by atoms with Crippen LogP contribution in [0.25, 0.3) is 0 Å². The zero-order chi connectivity index (χ0) is 33.9. The molecule has 2 heteroatoms.